The minimum atomic E-state index is -3.14. The summed E-state index contributed by atoms with van der Waals surface area (Å²) in [5.41, 5.74) is 1.67. The lowest BCUT2D eigenvalue weighted by Crippen LogP contribution is -2.38. The van der Waals surface area contributed by atoms with Gasteiger partial charge in [-0.2, -0.15) is 0 Å². The van der Waals surface area contributed by atoms with Crippen molar-refractivity contribution in [2.75, 3.05) is 40.5 Å². The zero-order chi connectivity index (χ0) is 18.9. The van der Waals surface area contributed by atoms with Crippen LogP contribution in [0.5, 0.6) is 0 Å². The third-order valence-corrected chi connectivity index (χ3v) is 4.03. The lowest BCUT2D eigenvalue weighted by atomic mass is 10.1. The van der Waals surface area contributed by atoms with Crippen molar-refractivity contribution < 1.29 is 13.2 Å². The lowest BCUT2D eigenvalue weighted by Gasteiger charge is -2.13. The number of nitrogens with one attached hydrogen (secondary N) is 3. The molecular weight excluding hydrogens is 342 g/mol. The van der Waals surface area contributed by atoms with Crippen molar-refractivity contribution in [3.8, 4) is 0 Å². The van der Waals surface area contributed by atoms with Crippen molar-refractivity contribution in [2.24, 2.45) is 4.99 Å². The van der Waals surface area contributed by atoms with Gasteiger partial charge >= 0.3 is 0 Å². The van der Waals surface area contributed by atoms with E-state index in [2.05, 4.69) is 20.3 Å². The molecule has 0 spiro atoms. The maximum absolute atomic E-state index is 11.8. The first-order chi connectivity index (χ1) is 11.7. The van der Waals surface area contributed by atoms with Crippen LogP contribution in [0.2, 0.25) is 0 Å². The monoisotopic (exact) mass is 369 g/mol. The van der Waals surface area contributed by atoms with Crippen molar-refractivity contribution >= 4 is 21.9 Å². The molecule has 8 nitrogen and oxygen atoms in total. The van der Waals surface area contributed by atoms with Gasteiger partial charge in [-0.15, -0.1) is 0 Å². The zero-order valence-corrected chi connectivity index (χ0v) is 16.0. The van der Waals surface area contributed by atoms with Gasteiger partial charge in [-0.25, -0.2) is 13.1 Å². The molecule has 0 aliphatic heterocycles. The van der Waals surface area contributed by atoms with E-state index >= 15 is 0 Å². The number of carbonyl (C=O) groups is 1. The van der Waals surface area contributed by atoms with Crippen LogP contribution in [0.3, 0.4) is 0 Å². The Kier molecular flexibility index (Phi) is 8.36. The Labute approximate surface area is 149 Å². The number of guanidine groups is 1. The van der Waals surface area contributed by atoms with Crippen LogP contribution in [0, 0.1) is 0 Å². The van der Waals surface area contributed by atoms with Crippen LogP contribution in [-0.4, -0.2) is 65.7 Å². The second-order valence-corrected chi connectivity index (χ2v) is 7.60. The molecule has 9 heteroatoms. The molecule has 140 valence electrons. The number of carbonyl (C=O) groups excluding carboxylic acids is 1. The van der Waals surface area contributed by atoms with Crippen LogP contribution in [0.1, 0.15) is 22.3 Å². The maximum Gasteiger partial charge on any atom is 0.253 e. The Bertz CT molecular complexity index is 684. The van der Waals surface area contributed by atoms with E-state index in [0.717, 1.165) is 11.8 Å². The average molecular weight is 369 g/mol. The number of hydrogen-bond donors (Lipinski definition) is 3. The van der Waals surface area contributed by atoms with Crippen LogP contribution in [0.15, 0.2) is 29.3 Å². The highest BCUT2D eigenvalue weighted by atomic mass is 32.2. The third kappa shape index (κ3) is 8.50. The Morgan fingerprint density at radius 3 is 2.28 bits per heavy atom. The topological polar surface area (TPSA) is 103 Å². The highest BCUT2D eigenvalue weighted by Crippen LogP contribution is 2.06. The third-order valence-electron chi connectivity index (χ3n) is 3.30. The SMILES string of the molecule is CN=C(NCCCNS(C)(=O)=O)NCc1ccc(C(=O)N(C)C)cc1. The summed E-state index contributed by atoms with van der Waals surface area (Å²) in [4.78, 5) is 17.5. The molecule has 1 rings (SSSR count). The molecule has 1 aromatic rings. The summed E-state index contributed by atoms with van der Waals surface area (Å²) < 4.78 is 24.3. The molecule has 0 saturated heterocycles. The Morgan fingerprint density at radius 2 is 1.76 bits per heavy atom. The van der Waals surface area contributed by atoms with Gasteiger partial charge in [-0.05, 0) is 24.1 Å². The van der Waals surface area contributed by atoms with Gasteiger partial charge in [-0.3, -0.25) is 9.79 Å². The minimum absolute atomic E-state index is 0.0281. The number of hydrogen-bond acceptors (Lipinski definition) is 4. The maximum atomic E-state index is 11.8. The van der Waals surface area contributed by atoms with Crippen LogP contribution in [0.25, 0.3) is 0 Å². The molecule has 0 radical (unpaired) electrons. The first kappa shape index (κ1) is 20.9. The van der Waals surface area contributed by atoms with E-state index in [9.17, 15) is 13.2 Å². The summed E-state index contributed by atoms with van der Waals surface area (Å²) in [6.45, 7) is 1.54. The molecule has 0 fully saturated rings. The number of nitrogens with zero attached hydrogens (tertiary/aromatic N) is 2. The summed E-state index contributed by atoms with van der Waals surface area (Å²) in [6, 6.07) is 7.39. The fraction of sp³-hybridized carbons (Fsp3) is 0.500. The predicted octanol–water partition coefficient (Wildman–Crippen LogP) is -0.00730. The minimum Gasteiger partial charge on any atom is -0.356 e. The standard InChI is InChI=1S/C16H27N5O3S/c1-17-16(18-10-5-11-20-25(4,23)24)19-12-13-6-8-14(9-7-13)15(22)21(2)3/h6-9,20H,5,10-12H2,1-4H3,(H2,17,18,19). The van der Waals surface area contributed by atoms with Gasteiger partial charge in [0.15, 0.2) is 5.96 Å². The molecule has 1 aromatic carbocycles. The van der Waals surface area contributed by atoms with Crippen molar-refractivity contribution in [1.29, 1.82) is 0 Å². The molecule has 25 heavy (non-hydrogen) atoms. The molecule has 0 saturated carbocycles. The summed E-state index contributed by atoms with van der Waals surface area (Å²) in [7, 11) is 1.97. The highest BCUT2D eigenvalue weighted by molar-refractivity contribution is 7.88. The number of aliphatic imine (C=N–C) groups is 1. The largest absolute Gasteiger partial charge is 0.356 e. The van der Waals surface area contributed by atoms with Gasteiger partial charge in [0.1, 0.15) is 0 Å². The van der Waals surface area contributed by atoms with Gasteiger partial charge in [0.05, 0.1) is 6.26 Å². The molecule has 3 N–H and O–H groups in total. The van der Waals surface area contributed by atoms with E-state index in [4.69, 9.17) is 0 Å². The van der Waals surface area contributed by atoms with Crippen molar-refractivity contribution in [3.63, 3.8) is 0 Å². The van der Waals surface area contributed by atoms with Crippen molar-refractivity contribution in [2.45, 2.75) is 13.0 Å². The van der Waals surface area contributed by atoms with Gasteiger partial charge in [0.25, 0.3) is 5.91 Å². The van der Waals surface area contributed by atoms with Crippen molar-refractivity contribution in [1.82, 2.24) is 20.3 Å². The fourth-order valence-electron chi connectivity index (χ4n) is 1.98. The Hall–Kier alpha value is -2.13. The van der Waals surface area contributed by atoms with E-state index in [1.165, 1.54) is 4.90 Å². The van der Waals surface area contributed by atoms with Crippen LogP contribution < -0.4 is 15.4 Å². The smallest absolute Gasteiger partial charge is 0.253 e. The molecule has 0 heterocycles. The van der Waals surface area contributed by atoms with E-state index in [0.29, 0.717) is 37.6 Å². The first-order valence-corrected chi connectivity index (χ1v) is 9.82. The molecule has 0 bridgehead atoms. The summed E-state index contributed by atoms with van der Waals surface area (Å²) >= 11 is 0. The Balaban J connectivity index is 2.38. The first-order valence-electron chi connectivity index (χ1n) is 7.92. The molecule has 0 unspecified atom stereocenters. The van der Waals surface area contributed by atoms with Gasteiger partial charge in [-0.1, -0.05) is 12.1 Å². The average Bonchev–Trinajstić information content (AvgIpc) is 2.56. The second kappa shape index (κ2) is 10.00. The lowest BCUT2D eigenvalue weighted by molar-refractivity contribution is 0.0827. The number of sulfonamides is 1. The number of amides is 1. The van der Waals surface area contributed by atoms with Crippen LogP contribution in [0.4, 0.5) is 0 Å². The van der Waals surface area contributed by atoms with Crippen LogP contribution >= 0.6 is 0 Å². The molecule has 0 aromatic heterocycles. The van der Waals surface area contributed by atoms with Crippen molar-refractivity contribution in [3.05, 3.63) is 35.4 Å². The van der Waals surface area contributed by atoms with Crippen LogP contribution in [-0.2, 0) is 16.6 Å². The highest BCUT2D eigenvalue weighted by Gasteiger charge is 2.07. The predicted molar refractivity (Wildman–Crippen MR) is 100 cm³/mol. The van der Waals surface area contributed by atoms with E-state index in [1.54, 1.807) is 33.3 Å². The van der Waals surface area contributed by atoms with E-state index in [1.807, 2.05) is 12.1 Å². The molecule has 0 aliphatic rings. The fourth-order valence-corrected chi connectivity index (χ4v) is 2.50. The van der Waals surface area contributed by atoms with E-state index in [-0.39, 0.29) is 5.91 Å². The summed E-state index contributed by atoms with van der Waals surface area (Å²) in [5.74, 6) is 0.604. The Morgan fingerprint density at radius 1 is 1.12 bits per heavy atom. The molecular formula is C16H27N5O3S. The summed E-state index contributed by atoms with van der Waals surface area (Å²) in [5, 5.41) is 6.28. The zero-order valence-electron chi connectivity index (χ0n) is 15.2. The molecule has 1 amide bonds. The summed E-state index contributed by atoms with van der Waals surface area (Å²) in [6.07, 6.45) is 1.79. The molecule has 0 atom stereocenters. The van der Waals surface area contributed by atoms with Gasteiger partial charge in [0.2, 0.25) is 10.0 Å². The quantitative estimate of drug-likeness (QED) is 0.340. The van der Waals surface area contributed by atoms with Gasteiger partial charge < -0.3 is 15.5 Å². The number of rotatable bonds is 8. The van der Waals surface area contributed by atoms with Gasteiger partial charge in [0, 0.05) is 46.3 Å². The molecule has 0 aliphatic carbocycles. The number of benzene rings is 1. The van der Waals surface area contributed by atoms with E-state index < -0.39 is 10.0 Å². The normalized spacial score (nSPS) is 11.9. The second-order valence-electron chi connectivity index (χ2n) is 5.77.